The van der Waals surface area contributed by atoms with Crippen molar-refractivity contribution in [2.24, 2.45) is 0 Å². The fraction of sp³-hybridized carbons (Fsp3) is 0.444. The van der Waals surface area contributed by atoms with Gasteiger partial charge in [0.15, 0.2) is 12.7 Å². The van der Waals surface area contributed by atoms with E-state index in [9.17, 15) is 47.6 Å². The van der Waals surface area contributed by atoms with E-state index < -0.39 is 47.8 Å². The standard InChI is InChI=1S/C9H7F7NO4S2/c10-6-3-1-2-4-17(6)5-7(22(18,19)8(11,12)13)23(20,21)9(14,15)16/h1-4,7H,5H2/q+1. The molecule has 132 valence electrons. The maximum atomic E-state index is 13.3. The Balaban J connectivity index is 3.56. The molecule has 0 aliphatic heterocycles. The summed E-state index contributed by atoms with van der Waals surface area (Å²) in [6, 6.07) is 2.56. The maximum absolute atomic E-state index is 13.3. The SMILES string of the molecule is O=S(=O)(C(C[n+]1ccccc1F)S(=O)(=O)C(F)(F)F)C(F)(F)F. The van der Waals surface area contributed by atoms with Gasteiger partial charge in [0.2, 0.25) is 4.58 Å². The Morgan fingerprint density at radius 3 is 1.70 bits per heavy atom. The molecule has 1 aromatic rings. The van der Waals surface area contributed by atoms with Gasteiger partial charge in [-0.15, -0.1) is 4.39 Å². The topological polar surface area (TPSA) is 72.2 Å². The van der Waals surface area contributed by atoms with Gasteiger partial charge in [0.05, 0.1) is 0 Å². The second-order valence-electron chi connectivity index (χ2n) is 4.09. The summed E-state index contributed by atoms with van der Waals surface area (Å²) in [6.45, 7) is -1.92. The van der Waals surface area contributed by atoms with E-state index in [1.54, 1.807) is 0 Å². The number of sulfone groups is 2. The van der Waals surface area contributed by atoms with Crippen molar-refractivity contribution >= 4 is 19.7 Å². The zero-order valence-electron chi connectivity index (χ0n) is 10.6. The first kappa shape index (κ1) is 19.6. The quantitative estimate of drug-likeness (QED) is 0.442. The summed E-state index contributed by atoms with van der Waals surface area (Å²) in [5.74, 6) is -1.42. The van der Waals surface area contributed by atoms with Gasteiger partial charge in [0, 0.05) is 12.1 Å². The van der Waals surface area contributed by atoms with Gasteiger partial charge in [-0.25, -0.2) is 16.8 Å². The van der Waals surface area contributed by atoms with E-state index in [2.05, 4.69) is 0 Å². The van der Waals surface area contributed by atoms with Gasteiger partial charge in [0.25, 0.3) is 19.7 Å². The molecule has 1 rings (SSSR count). The van der Waals surface area contributed by atoms with Crippen LogP contribution in [0.1, 0.15) is 0 Å². The highest BCUT2D eigenvalue weighted by Gasteiger charge is 2.64. The number of aromatic nitrogens is 1. The van der Waals surface area contributed by atoms with Gasteiger partial charge in [-0.05, 0) is 6.07 Å². The summed E-state index contributed by atoms with van der Waals surface area (Å²) in [5, 5.41) is 0. The first-order chi connectivity index (χ1) is 10.1. The van der Waals surface area contributed by atoms with Crippen molar-refractivity contribution < 1.29 is 52.1 Å². The lowest BCUT2D eigenvalue weighted by Gasteiger charge is -2.18. The molecule has 14 heteroatoms. The van der Waals surface area contributed by atoms with E-state index in [0.717, 1.165) is 12.1 Å². The Morgan fingerprint density at radius 1 is 0.913 bits per heavy atom. The zero-order chi connectivity index (χ0) is 18.3. The molecular weight excluding hydrogens is 383 g/mol. The van der Waals surface area contributed by atoms with Crippen molar-refractivity contribution in [2.75, 3.05) is 0 Å². The molecule has 0 radical (unpaired) electrons. The van der Waals surface area contributed by atoms with Gasteiger partial charge in [0.1, 0.15) is 0 Å². The number of pyridine rings is 1. The van der Waals surface area contributed by atoms with Crippen molar-refractivity contribution in [2.45, 2.75) is 22.1 Å². The highest BCUT2D eigenvalue weighted by atomic mass is 32.3. The fourth-order valence-electron chi connectivity index (χ4n) is 1.43. The average Bonchev–Trinajstić information content (AvgIpc) is 2.34. The minimum Gasteiger partial charge on any atom is -0.218 e. The Bertz CT molecular complexity index is 739. The molecule has 1 aromatic heterocycles. The Hall–Kier alpha value is -1.44. The summed E-state index contributed by atoms with van der Waals surface area (Å²) in [6.07, 6.45) is 0.597. The van der Waals surface area contributed by atoms with Gasteiger partial charge in [-0.1, -0.05) is 0 Å². The molecule has 0 spiro atoms. The number of hydrogen-bond donors (Lipinski definition) is 0. The monoisotopic (exact) mass is 390 g/mol. The lowest BCUT2D eigenvalue weighted by Crippen LogP contribution is -2.54. The molecule has 0 aromatic carbocycles. The summed E-state index contributed by atoms with van der Waals surface area (Å²) >= 11 is 0. The van der Waals surface area contributed by atoms with Gasteiger partial charge in [-0.3, -0.25) is 0 Å². The predicted molar refractivity (Wildman–Crippen MR) is 60.3 cm³/mol. The van der Waals surface area contributed by atoms with E-state index >= 15 is 0 Å². The Morgan fingerprint density at radius 2 is 1.35 bits per heavy atom. The lowest BCUT2D eigenvalue weighted by molar-refractivity contribution is -0.721. The van der Waals surface area contributed by atoms with E-state index in [4.69, 9.17) is 0 Å². The van der Waals surface area contributed by atoms with Crippen LogP contribution in [0, 0.1) is 5.95 Å². The smallest absolute Gasteiger partial charge is 0.218 e. The third kappa shape index (κ3) is 3.73. The second-order valence-corrected chi connectivity index (χ2v) is 8.63. The highest BCUT2D eigenvalue weighted by molar-refractivity contribution is 8.09. The zero-order valence-corrected chi connectivity index (χ0v) is 12.3. The molecule has 0 fully saturated rings. The minimum absolute atomic E-state index is 0.0112. The number of rotatable bonds is 4. The van der Waals surface area contributed by atoms with Crippen LogP contribution in [-0.2, 0) is 26.2 Å². The number of nitrogens with zero attached hydrogens (tertiary/aromatic N) is 1. The number of alkyl halides is 6. The van der Waals surface area contributed by atoms with E-state index in [-0.39, 0.29) is 4.57 Å². The van der Waals surface area contributed by atoms with Crippen LogP contribution < -0.4 is 4.57 Å². The van der Waals surface area contributed by atoms with Crippen LogP contribution in [-0.4, -0.2) is 32.4 Å². The van der Waals surface area contributed by atoms with Gasteiger partial charge in [-0.2, -0.15) is 30.9 Å². The highest BCUT2D eigenvalue weighted by Crippen LogP contribution is 2.36. The van der Waals surface area contributed by atoms with Gasteiger partial charge < -0.3 is 0 Å². The molecular formula is C9H7F7NO4S2+. The average molecular weight is 390 g/mol. The maximum Gasteiger partial charge on any atom is 0.498 e. The third-order valence-electron chi connectivity index (χ3n) is 2.57. The molecule has 1 heterocycles. The van der Waals surface area contributed by atoms with E-state index in [1.807, 2.05) is 0 Å². The fourth-order valence-corrected chi connectivity index (χ4v) is 4.72. The molecule has 0 N–H and O–H groups in total. The summed E-state index contributed by atoms with van der Waals surface area (Å²) in [7, 11) is -13.6. The molecule has 0 saturated heterocycles. The Labute approximate surface area is 125 Å². The van der Waals surface area contributed by atoms with Crippen LogP contribution in [0.25, 0.3) is 0 Å². The van der Waals surface area contributed by atoms with Crippen molar-refractivity contribution in [1.82, 2.24) is 0 Å². The lowest BCUT2D eigenvalue weighted by atomic mass is 10.5. The summed E-state index contributed by atoms with van der Waals surface area (Å²) in [5.41, 5.74) is -12.6. The van der Waals surface area contributed by atoms with E-state index in [0.29, 0.717) is 12.3 Å². The van der Waals surface area contributed by atoms with E-state index in [1.165, 1.54) is 0 Å². The third-order valence-corrected chi connectivity index (χ3v) is 7.06. The number of hydrogen-bond acceptors (Lipinski definition) is 4. The molecule has 0 aliphatic rings. The Kier molecular flexibility index (Phi) is 5.02. The van der Waals surface area contributed by atoms with Crippen molar-refractivity contribution in [3.63, 3.8) is 0 Å². The second kappa shape index (κ2) is 5.89. The molecule has 5 nitrogen and oxygen atoms in total. The van der Waals surface area contributed by atoms with Crippen LogP contribution in [0.3, 0.4) is 0 Å². The molecule has 23 heavy (non-hydrogen) atoms. The van der Waals surface area contributed by atoms with Crippen LogP contribution in [0.2, 0.25) is 0 Å². The molecule has 0 aliphatic carbocycles. The molecule has 0 saturated carbocycles. The first-order valence-electron chi connectivity index (χ1n) is 5.36. The summed E-state index contributed by atoms with van der Waals surface area (Å²) < 4.78 is 129. The molecule has 0 unspecified atom stereocenters. The van der Waals surface area contributed by atoms with Gasteiger partial charge >= 0.3 is 17.0 Å². The van der Waals surface area contributed by atoms with Crippen LogP contribution >= 0.6 is 0 Å². The van der Waals surface area contributed by atoms with Crippen molar-refractivity contribution in [3.05, 3.63) is 30.3 Å². The van der Waals surface area contributed by atoms with Crippen LogP contribution in [0.15, 0.2) is 24.4 Å². The number of halogens is 7. The van der Waals surface area contributed by atoms with Crippen LogP contribution in [0.4, 0.5) is 30.7 Å². The molecule has 0 bridgehead atoms. The first-order valence-corrected chi connectivity index (χ1v) is 8.46. The largest absolute Gasteiger partial charge is 0.498 e. The predicted octanol–water partition coefficient (Wildman–Crippen LogP) is 1.31. The normalized spacial score (nSPS) is 14.3. The summed E-state index contributed by atoms with van der Waals surface area (Å²) in [4.78, 5) is 0. The molecule has 0 amide bonds. The van der Waals surface area contributed by atoms with Crippen molar-refractivity contribution in [3.8, 4) is 0 Å². The van der Waals surface area contributed by atoms with Crippen molar-refractivity contribution in [1.29, 1.82) is 0 Å². The molecule has 0 atom stereocenters. The minimum atomic E-state index is -6.79. The van der Waals surface area contributed by atoms with Crippen LogP contribution in [0.5, 0.6) is 0 Å².